The van der Waals surface area contributed by atoms with Gasteiger partial charge in [0.25, 0.3) is 10.0 Å². The Morgan fingerprint density at radius 3 is 2.37 bits per heavy atom. The summed E-state index contributed by atoms with van der Waals surface area (Å²) < 4.78 is 39.1. The normalized spacial score (nSPS) is 11.3. The minimum Gasteiger partial charge on any atom is -0.278 e. The number of hydrogen-bond acceptors (Lipinski definition) is 3. The summed E-state index contributed by atoms with van der Waals surface area (Å²) in [6.45, 7) is 1.99. The van der Waals surface area contributed by atoms with E-state index in [4.69, 9.17) is 0 Å². The van der Waals surface area contributed by atoms with E-state index >= 15 is 0 Å². The van der Waals surface area contributed by atoms with Gasteiger partial charge in [0.2, 0.25) is 5.95 Å². The summed E-state index contributed by atoms with van der Waals surface area (Å²) in [4.78, 5) is 3.55. The fourth-order valence-electron chi connectivity index (χ4n) is 1.55. The Bertz CT molecular complexity index is 652. The van der Waals surface area contributed by atoms with Crippen molar-refractivity contribution >= 4 is 15.7 Å². The van der Waals surface area contributed by atoms with Crippen LogP contribution in [0.25, 0.3) is 0 Å². The number of nitrogens with one attached hydrogen (secondary N) is 1. The highest BCUT2D eigenvalue weighted by molar-refractivity contribution is 7.92. The van der Waals surface area contributed by atoms with Gasteiger partial charge >= 0.3 is 0 Å². The lowest BCUT2D eigenvalue weighted by Crippen LogP contribution is -2.13. The van der Waals surface area contributed by atoms with E-state index in [0.29, 0.717) is 0 Å². The summed E-state index contributed by atoms with van der Waals surface area (Å²) in [5.74, 6) is -0.657. The van der Waals surface area contributed by atoms with E-state index in [1.165, 1.54) is 18.2 Å². The topological polar surface area (TPSA) is 59.1 Å². The largest absolute Gasteiger partial charge is 0.278 e. The third-order valence-electron chi connectivity index (χ3n) is 2.62. The van der Waals surface area contributed by atoms with E-state index in [1.807, 2.05) is 6.92 Å². The molecule has 0 aliphatic heterocycles. The van der Waals surface area contributed by atoms with Gasteiger partial charge in [-0.1, -0.05) is 19.1 Å². The van der Waals surface area contributed by atoms with E-state index < -0.39 is 16.0 Å². The monoisotopic (exact) mass is 280 g/mol. The second kappa shape index (κ2) is 5.36. The molecule has 100 valence electrons. The molecule has 1 aromatic carbocycles. The number of halogens is 1. The van der Waals surface area contributed by atoms with Gasteiger partial charge in [0.15, 0.2) is 0 Å². The standard InChI is InChI=1S/C13H13FN2O2S/c1-2-10-3-6-12(7-4-10)19(17,18)16-11-5-8-13(14)15-9-11/h3-9,16H,2H2,1H3. The lowest BCUT2D eigenvalue weighted by molar-refractivity contribution is 0.583. The van der Waals surface area contributed by atoms with Gasteiger partial charge in [0, 0.05) is 0 Å². The zero-order chi connectivity index (χ0) is 13.9. The number of aromatic nitrogens is 1. The van der Waals surface area contributed by atoms with Crippen molar-refractivity contribution in [3.8, 4) is 0 Å². The highest BCUT2D eigenvalue weighted by atomic mass is 32.2. The second-order valence-electron chi connectivity index (χ2n) is 3.97. The van der Waals surface area contributed by atoms with E-state index in [0.717, 1.165) is 24.2 Å². The van der Waals surface area contributed by atoms with Crippen molar-refractivity contribution in [1.82, 2.24) is 4.98 Å². The van der Waals surface area contributed by atoms with Crippen LogP contribution in [0.15, 0.2) is 47.5 Å². The summed E-state index contributed by atoms with van der Waals surface area (Å²) >= 11 is 0. The molecule has 0 amide bonds. The SMILES string of the molecule is CCc1ccc(S(=O)(=O)Nc2ccc(F)nc2)cc1. The van der Waals surface area contributed by atoms with Gasteiger partial charge in [-0.25, -0.2) is 13.4 Å². The maximum atomic E-state index is 12.6. The molecule has 1 aromatic heterocycles. The minimum absolute atomic E-state index is 0.161. The van der Waals surface area contributed by atoms with Gasteiger partial charge in [-0.05, 0) is 36.2 Å². The van der Waals surface area contributed by atoms with Gasteiger partial charge in [0.1, 0.15) is 0 Å². The van der Waals surface area contributed by atoms with Crippen molar-refractivity contribution < 1.29 is 12.8 Å². The number of benzene rings is 1. The quantitative estimate of drug-likeness (QED) is 0.876. The van der Waals surface area contributed by atoms with Crippen LogP contribution < -0.4 is 4.72 Å². The Balaban J connectivity index is 2.24. The predicted octanol–water partition coefficient (Wildman–Crippen LogP) is 2.58. The molecule has 1 N–H and O–H groups in total. The molecule has 4 nitrogen and oxygen atoms in total. The average Bonchev–Trinajstić information content (AvgIpc) is 2.41. The van der Waals surface area contributed by atoms with Crippen molar-refractivity contribution in [2.45, 2.75) is 18.2 Å². The van der Waals surface area contributed by atoms with E-state index in [1.54, 1.807) is 12.1 Å². The first kappa shape index (κ1) is 13.5. The Kier molecular flexibility index (Phi) is 3.80. The number of sulfonamides is 1. The Labute approximate surface area is 111 Å². The summed E-state index contributed by atoms with van der Waals surface area (Å²) in [7, 11) is -3.66. The van der Waals surface area contributed by atoms with Crippen molar-refractivity contribution in [3.63, 3.8) is 0 Å². The van der Waals surface area contributed by atoms with Crippen LogP contribution in [0.2, 0.25) is 0 Å². The molecular weight excluding hydrogens is 267 g/mol. The summed E-state index contributed by atoms with van der Waals surface area (Å²) in [5, 5.41) is 0. The molecule has 0 fully saturated rings. The van der Waals surface area contributed by atoms with E-state index in [2.05, 4.69) is 9.71 Å². The minimum atomic E-state index is -3.66. The molecule has 0 saturated heterocycles. The summed E-state index contributed by atoms with van der Waals surface area (Å²) in [6.07, 6.45) is 1.98. The Morgan fingerprint density at radius 2 is 1.84 bits per heavy atom. The molecular formula is C13H13FN2O2S. The van der Waals surface area contributed by atoms with Gasteiger partial charge in [0.05, 0.1) is 16.8 Å². The van der Waals surface area contributed by atoms with Gasteiger partial charge in [-0.3, -0.25) is 4.72 Å². The molecule has 19 heavy (non-hydrogen) atoms. The Hall–Kier alpha value is -1.95. The van der Waals surface area contributed by atoms with Gasteiger partial charge < -0.3 is 0 Å². The first-order chi connectivity index (χ1) is 9.01. The second-order valence-corrected chi connectivity index (χ2v) is 5.66. The van der Waals surface area contributed by atoms with Gasteiger partial charge in [-0.2, -0.15) is 4.39 Å². The van der Waals surface area contributed by atoms with Crippen molar-refractivity contribution in [2.75, 3.05) is 4.72 Å². The smallest absolute Gasteiger partial charge is 0.261 e. The third kappa shape index (κ3) is 3.29. The van der Waals surface area contributed by atoms with Crippen LogP contribution >= 0.6 is 0 Å². The van der Waals surface area contributed by atoms with Crippen LogP contribution in [-0.2, 0) is 16.4 Å². The summed E-state index contributed by atoms with van der Waals surface area (Å²) in [5.41, 5.74) is 1.28. The first-order valence-corrected chi connectivity index (χ1v) is 7.23. The fourth-order valence-corrected chi connectivity index (χ4v) is 2.60. The third-order valence-corrected chi connectivity index (χ3v) is 4.02. The van der Waals surface area contributed by atoms with Crippen molar-refractivity contribution in [3.05, 3.63) is 54.1 Å². The van der Waals surface area contributed by atoms with E-state index in [9.17, 15) is 12.8 Å². The molecule has 0 aliphatic rings. The highest BCUT2D eigenvalue weighted by Gasteiger charge is 2.13. The maximum Gasteiger partial charge on any atom is 0.261 e. The molecule has 2 aromatic rings. The van der Waals surface area contributed by atoms with E-state index in [-0.39, 0.29) is 10.6 Å². The average molecular weight is 280 g/mol. The fraction of sp³-hybridized carbons (Fsp3) is 0.154. The van der Waals surface area contributed by atoms with Crippen LogP contribution in [-0.4, -0.2) is 13.4 Å². The first-order valence-electron chi connectivity index (χ1n) is 5.74. The van der Waals surface area contributed by atoms with Crippen molar-refractivity contribution in [2.24, 2.45) is 0 Å². The summed E-state index contributed by atoms with van der Waals surface area (Å²) in [6, 6.07) is 9.02. The molecule has 2 rings (SSSR count). The molecule has 0 spiro atoms. The number of rotatable bonds is 4. The van der Waals surface area contributed by atoms with Crippen molar-refractivity contribution in [1.29, 1.82) is 0 Å². The molecule has 0 aliphatic carbocycles. The zero-order valence-corrected chi connectivity index (χ0v) is 11.1. The van der Waals surface area contributed by atoms with Crippen LogP contribution in [0.1, 0.15) is 12.5 Å². The number of anilines is 1. The van der Waals surface area contributed by atoms with Crippen LogP contribution in [0.4, 0.5) is 10.1 Å². The molecule has 0 bridgehead atoms. The lowest BCUT2D eigenvalue weighted by atomic mass is 10.2. The number of pyridine rings is 1. The molecule has 0 atom stereocenters. The number of hydrogen-bond donors (Lipinski definition) is 1. The molecule has 0 radical (unpaired) electrons. The maximum absolute atomic E-state index is 12.6. The molecule has 6 heteroatoms. The number of nitrogens with zero attached hydrogens (tertiary/aromatic N) is 1. The predicted molar refractivity (Wildman–Crippen MR) is 70.8 cm³/mol. The zero-order valence-electron chi connectivity index (χ0n) is 10.3. The highest BCUT2D eigenvalue weighted by Crippen LogP contribution is 2.16. The Morgan fingerprint density at radius 1 is 1.16 bits per heavy atom. The number of aryl methyl sites for hydroxylation is 1. The molecule has 0 saturated carbocycles. The van der Waals surface area contributed by atoms with Crippen LogP contribution in [0.5, 0.6) is 0 Å². The van der Waals surface area contributed by atoms with Crippen LogP contribution in [0.3, 0.4) is 0 Å². The van der Waals surface area contributed by atoms with Gasteiger partial charge in [-0.15, -0.1) is 0 Å². The molecule has 0 unspecified atom stereocenters. The van der Waals surface area contributed by atoms with Crippen LogP contribution in [0, 0.1) is 5.95 Å². The molecule has 1 heterocycles. The lowest BCUT2D eigenvalue weighted by Gasteiger charge is -2.08.